The number of amides is 1. The van der Waals surface area contributed by atoms with E-state index in [9.17, 15) is 4.79 Å². The maximum absolute atomic E-state index is 12.9. The Kier molecular flexibility index (Phi) is 5.91. The highest BCUT2D eigenvalue weighted by Gasteiger charge is 2.30. The van der Waals surface area contributed by atoms with Gasteiger partial charge in [-0.25, -0.2) is 4.68 Å². The molecule has 2 atom stereocenters. The van der Waals surface area contributed by atoms with Crippen LogP contribution in [0.5, 0.6) is 0 Å². The lowest BCUT2D eigenvalue weighted by Gasteiger charge is -2.38. The molecule has 7 heteroatoms. The number of piperazine rings is 1. The third kappa shape index (κ3) is 3.58. The van der Waals surface area contributed by atoms with E-state index in [1.807, 2.05) is 36.1 Å². The molecule has 1 fully saturated rings. The summed E-state index contributed by atoms with van der Waals surface area (Å²) in [7, 11) is 0. The normalized spacial score (nSPS) is 20.6. The van der Waals surface area contributed by atoms with Gasteiger partial charge >= 0.3 is 0 Å². The van der Waals surface area contributed by atoms with Gasteiger partial charge in [0.25, 0.3) is 5.91 Å². The second kappa shape index (κ2) is 7.55. The fraction of sp³-hybridized carbons (Fsp3) is 0.412. The molecule has 1 aromatic carbocycles. The predicted molar refractivity (Wildman–Crippen MR) is 98.5 cm³/mol. The zero-order valence-electron chi connectivity index (χ0n) is 14.0. The van der Waals surface area contributed by atoms with Crippen LogP contribution in [0.1, 0.15) is 29.9 Å². The van der Waals surface area contributed by atoms with E-state index in [1.54, 1.807) is 10.9 Å². The molecule has 1 N–H and O–H groups in total. The zero-order chi connectivity index (χ0) is 16.6. The van der Waals surface area contributed by atoms with Crippen LogP contribution in [-0.4, -0.2) is 45.8 Å². The van der Waals surface area contributed by atoms with Crippen molar-refractivity contribution >= 4 is 29.9 Å². The number of nitrogens with zero attached hydrogens (tertiary/aromatic N) is 3. The number of hydrogen-bond acceptors (Lipinski definition) is 3. The topological polar surface area (TPSA) is 50.2 Å². The van der Waals surface area contributed by atoms with E-state index >= 15 is 0 Å². The highest BCUT2D eigenvalue weighted by molar-refractivity contribution is 6.30. The largest absolute Gasteiger partial charge is 0.333 e. The number of halogens is 2. The summed E-state index contributed by atoms with van der Waals surface area (Å²) in [5.74, 6) is 0.0450. The van der Waals surface area contributed by atoms with Crippen LogP contribution in [0.3, 0.4) is 0 Å². The lowest BCUT2D eigenvalue weighted by atomic mass is 10.1. The van der Waals surface area contributed by atoms with Crippen LogP contribution in [0.15, 0.2) is 30.5 Å². The Hall–Kier alpha value is -1.56. The van der Waals surface area contributed by atoms with Gasteiger partial charge in [0.1, 0.15) is 0 Å². The van der Waals surface area contributed by atoms with E-state index in [4.69, 9.17) is 11.6 Å². The fourth-order valence-corrected chi connectivity index (χ4v) is 3.02. The van der Waals surface area contributed by atoms with Gasteiger partial charge in [-0.2, -0.15) is 5.10 Å². The summed E-state index contributed by atoms with van der Waals surface area (Å²) in [6.07, 6.45) is 1.81. The van der Waals surface area contributed by atoms with E-state index in [1.165, 1.54) is 0 Å². The van der Waals surface area contributed by atoms with Crippen LogP contribution in [0, 0.1) is 6.92 Å². The molecule has 0 spiro atoms. The molecule has 2 aromatic rings. The van der Waals surface area contributed by atoms with Crippen molar-refractivity contribution in [3.63, 3.8) is 0 Å². The highest BCUT2D eigenvalue weighted by Crippen LogP contribution is 2.19. The molecule has 0 saturated carbocycles. The molecule has 0 bridgehead atoms. The third-order valence-corrected chi connectivity index (χ3v) is 4.77. The minimum Gasteiger partial charge on any atom is -0.333 e. The van der Waals surface area contributed by atoms with Crippen molar-refractivity contribution in [2.75, 3.05) is 13.1 Å². The summed E-state index contributed by atoms with van der Waals surface area (Å²) in [6.45, 7) is 7.59. The second-order valence-electron chi connectivity index (χ2n) is 6.03. The third-order valence-electron chi connectivity index (χ3n) is 4.52. The SMILES string of the molecule is Cc1nn(-c2ccc(Cl)cc2)cc1C(=O)N1CCNC(C)C1C.Cl. The van der Waals surface area contributed by atoms with Crippen molar-refractivity contribution < 1.29 is 4.79 Å². The molecule has 0 aliphatic carbocycles. The number of benzene rings is 1. The average molecular weight is 369 g/mol. The minimum absolute atomic E-state index is 0. The number of rotatable bonds is 2. The van der Waals surface area contributed by atoms with Crippen molar-refractivity contribution in [3.8, 4) is 5.69 Å². The fourth-order valence-electron chi connectivity index (χ4n) is 2.89. The van der Waals surface area contributed by atoms with E-state index in [0.29, 0.717) is 16.6 Å². The lowest BCUT2D eigenvalue weighted by Crippen LogP contribution is -2.57. The number of carbonyl (C=O) groups is 1. The predicted octanol–water partition coefficient (Wildman–Crippen LogP) is 3.08. The monoisotopic (exact) mass is 368 g/mol. The molecule has 1 aliphatic rings. The Morgan fingerprint density at radius 2 is 1.96 bits per heavy atom. The Labute approximate surface area is 153 Å². The van der Waals surface area contributed by atoms with E-state index in [2.05, 4.69) is 24.3 Å². The van der Waals surface area contributed by atoms with Gasteiger partial charge in [0.2, 0.25) is 0 Å². The molecule has 1 amide bonds. The molecule has 1 aliphatic heterocycles. The van der Waals surface area contributed by atoms with Crippen molar-refractivity contribution in [3.05, 3.63) is 46.7 Å². The number of hydrogen-bond donors (Lipinski definition) is 1. The molecule has 2 heterocycles. The van der Waals surface area contributed by atoms with Gasteiger partial charge in [-0.1, -0.05) is 11.6 Å². The van der Waals surface area contributed by atoms with Gasteiger partial charge in [0, 0.05) is 36.4 Å². The highest BCUT2D eigenvalue weighted by atomic mass is 35.5. The molecule has 1 aromatic heterocycles. The molecule has 2 unspecified atom stereocenters. The maximum Gasteiger partial charge on any atom is 0.257 e. The second-order valence-corrected chi connectivity index (χ2v) is 6.47. The molecule has 0 radical (unpaired) electrons. The average Bonchev–Trinajstić information content (AvgIpc) is 2.92. The summed E-state index contributed by atoms with van der Waals surface area (Å²) in [6, 6.07) is 7.86. The van der Waals surface area contributed by atoms with E-state index < -0.39 is 0 Å². The summed E-state index contributed by atoms with van der Waals surface area (Å²) in [5, 5.41) is 8.55. The standard InChI is InChI=1S/C17H21ClN4O.ClH/c1-11-13(3)21(9-8-19-11)17(23)16-10-22(20-12(16)2)15-6-4-14(18)5-7-15;/h4-7,10-11,13,19H,8-9H2,1-3H3;1H. The van der Waals surface area contributed by atoms with Crippen LogP contribution >= 0.6 is 24.0 Å². The van der Waals surface area contributed by atoms with Gasteiger partial charge in [-0.3, -0.25) is 4.79 Å². The van der Waals surface area contributed by atoms with Crippen molar-refractivity contribution in [1.29, 1.82) is 0 Å². The van der Waals surface area contributed by atoms with Crippen LogP contribution < -0.4 is 5.32 Å². The number of carbonyl (C=O) groups excluding carboxylic acids is 1. The first-order valence-corrected chi connectivity index (χ1v) is 8.21. The van der Waals surface area contributed by atoms with Gasteiger partial charge in [0.15, 0.2) is 0 Å². The van der Waals surface area contributed by atoms with Gasteiger partial charge < -0.3 is 10.2 Å². The Bertz CT molecular complexity index is 714. The van der Waals surface area contributed by atoms with Crippen molar-refractivity contribution in [2.24, 2.45) is 0 Å². The van der Waals surface area contributed by atoms with Crippen LogP contribution in [0.2, 0.25) is 5.02 Å². The number of aryl methyl sites for hydroxylation is 1. The van der Waals surface area contributed by atoms with E-state index in [-0.39, 0.29) is 24.4 Å². The van der Waals surface area contributed by atoms with Crippen LogP contribution in [0.25, 0.3) is 5.69 Å². The van der Waals surface area contributed by atoms with Gasteiger partial charge in [-0.15, -0.1) is 12.4 Å². The summed E-state index contributed by atoms with van der Waals surface area (Å²) >= 11 is 5.92. The van der Waals surface area contributed by atoms with Crippen molar-refractivity contribution in [1.82, 2.24) is 20.0 Å². The smallest absolute Gasteiger partial charge is 0.257 e. The first-order valence-electron chi connectivity index (χ1n) is 7.84. The molecule has 1 saturated heterocycles. The minimum atomic E-state index is 0. The van der Waals surface area contributed by atoms with Crippen molar-refractivity contribution in [2.45, 2.75) is 32.9 Å². The maximum atomic E-state index is 12.9. The molecule has 3 rings (SSSR count). The molecule has 130 valence electrons. The zero-order valence-corrected chi connectivity index (χ0v) is 15.6. The number of nitrogens with one attached hydrogen (secondary N) is 1. The Morgan fingerprint density at radius 3 is 2.62 bits per heavy atom. The van der Waals surface area contributed by atoms with E-state index in [0.717, 1.165) is 24.5 Å². The first kappa shape index (κ1) is 18.8. The van der Waals surface area contributed by atoms with Gasteiger partial charge in [-0.05, 0) is 45.0 Å². The Balaban J connectivity index is 0.00000208. The van der Waals surface area contributed by atoms with Crippen LogP contribution in [-0.2, 0) is 0 Å². The Morgan fingerprint density at radius 1 is 1.29 bits per heavy atom. The van der Waals surface area contributed by atoms with Gasteiger partial charge in [0.05, 0.1) is 16.9 Å². The summed E-state index contributed by atoms with van der Waals surface area (Å²) in [5.41, 5.74) is 2.28. The molecular formula is C17H22Cl2N4O. The number of aromatic nitrogens is 2. The van der Waals surface area contributed by atoms with Crippen LogP contribution in [0.4, 0.5) is 0 Å². The molecule has 5 nitrogen and oxygen atoms in total. The summed E-state index contributed by atoms with van der Waals surface area (Å²) in [4.78, 5) is 14.8. The first-order chi connectivity index (χ1) is 11.0. The molecule has 24 heavy (non-hydrogen) atoms. The molecular weight excluding hydrogens is 347 g/mol. The summed E-state index contributed by atoms with van der Waals surface area (Å²) < 4.78 is 1.73. The lowest BCUT2D eigenvalue weighted by molar-refractivity contribution is 0.0602. The quantitative estimate of drug-likeness (QED) is 0.885.